The third-order valence-corrected chi connectivity index (χ3v) is 5.23. The molecule has 7 heteroatoms. The van der Waals surface area contributed by atoms with Gasteiger partial charge in [0.2, 0.25) is 0 Å². The molecule has 6 nitrogen and oxygen atoms in total. The van der Waals surface area contributed by atoms with Crippen LogP contribution in [-0.4, -0.2) is 53.3 Å². The number of esters is 1. The van der Waals surface area contributed by atoms with Crippen LogP contribution in [0.1, 0.15) is 19.3 Å². The molecule has 0 aliphatic heterocycles. The van der Waals surface area contributed by atoms with E-state index in [0.717, 1.165) is 0 Å². The van der Waals surface area contributed by atoms with Crippen molar-refractivity contribution in [2.45, 2.75) is 37.6 Å². The number of aliphatic hydroxyl groups is 3. The highest BCUT2D eigenvalue weighted by atomic mass is 35.5. The monoisotopic (exact) mass is 436 g/mol. The van der Waals surface area contributed by atoms with E-state index in [1.807, 2.05) is 12.2 Å². The second kappa shape index (κ2) is 12.5. The van der Waals surface area contributed by atoms with Gasteiger partial charge < -0.3 is 24.8 Å². The predicted octanol–water partition coefficient (Wildman–Crippen LogP) is 3.06. The zero-order valence-corrected chi connectivity index (χ0v) is 17.7. The topological polar surface area (TPSA) is 96.2 Å². The highest BCUT2D eigenvalue weighted by Gasteiger charge is 2.39. The lowest BCUT2D eigenvalue weighted by molar-refractivity contribution is -0.134. The molecule has 1 aromatic rings. The van der Waals surface area contributed by atoms with Crippen molar-refractivity contribution in [3.63, 3.8) is 0 Å². The van der Waals surface area contributed by atoms with Crippen LogP contribution in [-0.2, 0) is 9.53 Å². The normalized spacial score (nSPS) is 25.4. The van der Waals surface area contributed by atoms with E-state index >= 15 is 0 Å². The van der Waals surface area contributed by atoms with Gasteiger partial charge in [0.1, 0.15) is 18.5 Å². The number of hydrogen-bond acceptors (Lipinski definition) is 6. The van der Waals surface area contributed by atoms with Gasteiger partial charge >= 0.3 is 5.97 Å². The van der Waals surface area contributed by atoms with Crippen molar-refractivity contribution in [1.82, 2.24) is 0 Å². The Balaban J connectivity index is 1.85. The maximum atomic E-state index is 11.0. The SMILES string of the molecule is COC(=O)/C=C/C/C=C\C[C@@H]1[C@@H](/C=C/[C@@H](O)COc2cccc(Cl)c2)[C@H](O)C[C@@H]1O. The first-order valence-electron chi connectivity index (χ1n) is 9.91. The smallest absolute Gasteiger partial charge is 0.330 e. The van der Waals surface area contributed by atoms with Crippen molar-refractivity contribution >= 4 is 17.6 Å². The van der Waals surface area contributed by atoms with Crippen molar-refractivity contribution in [2.75, 3.05) is 13.7 Å². The highest BCUT2D eigenvalue weighted by molar-refractivity contribution is 6.30. The lowest BCUT2D eigenvalue weighted by Gasteiger charge is -2.19. The molecule has 0 unspecified atom stereocenters. The van der Waals surface area contributed by atoms with Crippen LogP contribution in [0.15, 0.2) is 60.7 Å². The summed E-state index contributed by atoms with van der Waals surface area (Å²) in [5.41, 5.74) is 0. The summed E-state index contributed by atoms with van der Waals surface area (Å²) in [5.74, 6) is -0.259. The third-order valence-electron chi connectivity index (χ3n) is 4.99. The van der Waals surface area contributed by atoms with Crippen LogP contribution in [0.5, 0.6) is 5.75 Å². The van der Waals surface area contributed by atoms with Crippen molar-refractivity contribution in [3.05, 3.63) is 65.7 Å². The largest absolute Gasteiger partial charge is 0.491 e. The summed E-state index contributed by atoms with van der Waals surface area (Å²) >= 11 is 5.91. The molecule has 0 heterocycles. The number of carbonyl (C=O) groups excluding carboxylic acids is 1. The molecular weight excluding hydrogens is 408 g/mol. The second-order valence-corrected chi connectivity index (χ2v) is 7.64. The summed E-state index contributed by atoms with van der Waals surface area (Å²) < 4.78 is 10.0. The quantitative estimate of drug-likeness (QED) is 0.296. The number of aliphatic hydroxyl groups excluding tert-OH is 3. The molecule has 0 aromatic heterocycles. The Labute approximate surface area is 182 Å². The summed E-state index contributed by atoms with van der Waals surface area (Å²) in [4.78, 5) is 11.0. The number of ether oxygens (including phenoxy) is 2. The first-order chi connectivity index (χ1) is 14.4. The number of rotatable bonds is 10. The van der Waals surface area contributed by atoms with E-state index in [1.165, 1.54) is 13.2 Å². The van der Waals surface area contributed by atoms with E-state index in [-0.39, 0.29) is 18.4 Å². The highest BCUT2D eigenvalue weighted by Crippen LogP contribution is 2.36. The number of halogens is 1. The fraction of sp³-hybridized carbons (Fsp3) is 0.435. The van der Waals surface area contributed by atoms with E-state index in [4.69, 9.17) is 16.3 Å². The van der Waals surface area contributed by atoms with Crippen LogP contribution in [0.25, 0.3) is 0 Å². The van der Waals surface area contributed by atoms with E-state index < -0.39 is 24.3 Å². The average molecular weight is 437 g/mol. The van der Waals surface area contributed by atoms with Gasteiger partial charge in [0.25, 0.3) is 0 Å². The van der Waals surface area contributed by atoms with Crippen molar-refractivity contribution in [1.29, 1.82) is 0 Å². The van der Waals surface area contributed by atoms with E-state index in [9.17, 15) is 20.1 Å². The minimum absolute atomic E-state index is 0.0549. The first-order valence-corrected chi connectivity index (χ1v) is 10.3. The zero-order chi connectivity index (χ0) is 21.9. The molecule has 0 spiro atoms. The van der Waals surface area contributed by atoms with Crippen molar-refractivity contribution < 1.29 is 29.6 Å². The van der Waals surface area contributed by atoms with Crippen LogP contribution in [0.4, 0.5) is 0 Å². The van der Waals surface area contributed by atoms with Crippen LogP contribution < -0.4 is 4.74 Å². The van der Waals surface area contributed by atoms with Gasteiger partial charge in [-0.15, -0.1) is 0 Å². The number of benzene rings is 1. The molecule has 1 fully saturated rings. The minimum atomic E-state index is -0.853. The number of carbonyl (C=O) groups is 1. The Hall–Kier alpha value is -2.12. The molecule has 2 rings (SSSR count). The Morgan fingerprint density at radius 2 is 2.07 bits per heavy atom. The Kier molecular flexibility index (Phi) is 10.1. The van der Waals surface area contributed by atoms with Crippen molar-refractivity contribution in [2.24, 2.45) is 11.8 Å². The summed E-state index contributed by atoms with van der Waals surface area (Å²) in [6.45, 7) is 0.0549. The van der Waals surface area contributed by atoms with Gasteiger partial charge in [-0.3, -0.25) is 0 Å². The van der Waals surface area contributed by atoms with Gasteiger partial charge in [0.05, 0.1) is 19.3 Å². The van der Waals surface area contributed by atoms with Gasteiger partial charge in [-0.05, 0) is 37.0 Å². The fourth-order valence-corrected chi connectivity index (χ4v) is 3.60. The Bertz CT molecular complexity index is 760. The lowest BCUT2D eigenvalue weighted by Crippen LogP contribution is -2.21. The second-order valence-electron chi connectivity index (χ2n) is 7.20. The Morgan fingerprint density at radius 1 is 1.27 bits per heavy atom. The molecule has 0 saturated heterocycles. The molecule has 1 aromatic carbocycles. The zero-order valence-electron chi connectivity index (χ0n) is 16.9. The maximum Gasteiger partial charge on any atom is 0.330 e. The molecule has 0 amide bonds. The van der Waals surface area contributed by atoms with Gasteiger partial charge in [0, 0.05) is 23.4 Å². The molecule has 1 saturated carbocycles. The maximum absolute atomic E-state index is 11.0. The Morgan fingerprint density at radius 3 is 2.80 bits per heavy atom. The molecule has 0 radical (unpaired) electrons. The minimum Gasteiger partial charge on any atom is -0.491 e. The van der Waals surface area contributed by atoms with Gasteiger partial charge in [-0.1, -0.05) is 48.0 Å². The van der Waals surface area contributed by atoms with E-state index in [0.29, 0.717) is 30.0 Å². The van der Waals surface area contributed by atoms with Crippen LogP contribution in [0, 0.1) is 11.8 Å². The van der Waals surface area contributed by atoms with Crippen LogP contribution >= 0.6 is 11.6 Å². The summed E-state index contributed by atoms with van der Waals surface area (Å²) in [7, 11) is 1.32. The number of allylic oxidation sites excluding steroid dienone is 3. The molecule has 1 aliphatic rings. The molecule has 3 N–H and O–H groups in total. The predicted molar refractivity (Wildman–Crippen MR) is 115 cm³/mol. The number of hydrogen-bond donors (Lipinski definition) is 3. The average Bonchev–Trinajstić information content (AvgIpc) is 2.99. The van der Waals surface area contributed by atoms with Crippen LogP contribution in [0.3, 0.4) is 0 Å². The molecule has 30 heavy (non-hydrogen) atoms. The summed E-state index contributed by atoms with van der Waals surface area (Å²) in [6, 6.07) is 6.92. The fourth-order valence-electron chi connectivity index (χ4n) is 3.42. The molecule has 5 atom stereocenters. The van der Waals surface area contributed by atoms with Gasteiger partial charge in [0.15, 0.2) is 0 Å². The molecule has 164 valence electrons. The van der Waals surface area contributed by atoms with Gasteiger partial charge in [-0.25, -0.2) is 4.79 Å². The molecular formula is C23H29ClO6. The number of methoxy groups -OCH3 is 1. The summed E-state index contributed by atoms with van der Waals surface area (Å²) in [5, 5.41) is 31.3. The van der Waals surface area contributed by atoms with Crippen LogP contribution in [0.2, 0.25) is 5.02 Å². The third kappa shape index (κ3) is 7.95. The van der Waals surface area contributed by atoms with Crippen molar-refractivity contribution in [3.8, 4) is 5.75 Å². The first kappa shape index (κ1) is 24.2. The standard InChI is InChI=1S/C23H29ClO6/c1-29-23(28)10-5-3-2-4-9-19-20(22(27)14-21(19)26)12-11-17(25)15-30-18-8-6-7-16(24)13-18/h2,4-8,10-13,17,19-22,25-27H,3,9,14-15H2,1H3/b4-2-,10-5+,12-11+/t17-,19-,20-,21+,22-/m1/s1. The van der Waals surface area contributed by atoms with Gasteiger partial charge in [-0.2, -0.15) is 0 Å². The van der Waals surface area contributed by atoms with E-state index in [1.54, 1.807) is 42.5 Å². The lowest BCUT2D eigenvalue weighted by atomic mass is 9.89. The summed E-state index contributed by atoms with van der Waals surface area (Å²) in [6.07, 6.45) is 9.51. The molecule has 1 aliphatic carbocycles. The van der Waals surface area contributed by atoms with E-state index in [2.05, 4.69) is 4.74 Å². The molecule has 0 bridgehead atoms.